The van der Waals surface area contributed by atoms with Crippen LogP contribution in [0.3, 0.4) is 0 Å². The molecule has 0 aromatic carbocycles. The summed E-state index contributed by atoms with van der Waals surface area (Å²) in [5.74, 6) is -0.838. The lowest BCUT2D eigenvalue weighted by atomic mass is 9.86. The maximum absolute atomic E-state index is 12.4. The van der Waals surface area contributed by atoms with E-state index in [1.54, 1.807) is 4.31 Å². The van der Waals surface area contributed by atoms with Crippen LogP contribution in [0.25, 0.3) is 0 Å². The molecule has 7 nitrogen and oxygen atoms in total. The van der Waals surface area contributed by atoms with Gasteiger partial charge in [-0.3, -0.25) is 9.69 Å². The number of hydrogen-bond acceptors (Lipinski definition) is 4. The van der Waals surface area contributed by atoms with E-state index in [1.165, 1.54) is 0 Å². The molecule has 2 rings (SSSR count). The van der Waals surface area contributed by atoms with Gasteiger partial charge in [0.15, 0.2) is 0 Å². The summed E-state index contributed by atoms with van der Waals surface area (Å²) in [5.41, 5.74) is 0. The Morgan fingerprint density at radius 2 is 1.82 bits per heavy atom. The van der Waals surface area contributed by atoms with Crippen LogP contribution in [0.5, 0.6) is 0 Å². The molecule has 1 aliphatic carbocycles. The fourth-order valence-corrected chi connectivity index (χ4v) is 4.72. The molecule has 2 aliphatic rings. The molecule has 0 atom stereocenters. The first-order valence-corrected chi connectivity index (χ1v) is 9.59. The predicted octanol–water partition coefficient (Wildman–Crippen LogP) is 0.634. The Morgan fingerprint density at radius 1 is 1.23 bits per heavy atom. The molecule has 0 spiro atoms. The van der Waals surface area contributed by atoms with E-state index in [1.807, 2.05) is 11.8 Å². The van der Waals surface area contributed by atoms with Crippen molar-refractivity contribution in [3.63, 3.8) is 0 Å². The Labute approximate surface area is 132 Å². The van der Waals surface area contributed by atoms with E-state index in [0.29, 0.717) is 32.5 Å². The van der Waals surface area contributed by atoms with Gasteiger partial charge in [0, 0.05) is 25.2 Å². The Kier molecular flexibility index (Phi) is 6.19. The average Bonchev–Trinajstić information content (AvgIpc) is 2.69. The zero-order chi connectivity index (χ0) is 16.2. The first-order valence-electron chi connectivity index (χ1n) is 8.15. The van der Waals surface area contributed by atoms with Gasteiger partial charge in [0.2, 0.25) is 0 Å². The Hall–Kier alpha value is -0.700. The zero-order valence-corrected chi connectivity index (χ0v) is 14.0. The van der Waals surface area contributed by atoms with E-state index in [0.717, 1.165) is 25.7 Å². The summed E-state index contributed by atoms with van der Waals surface area (Å²) in [6, 6.07) is 0.0963. The van der Waals surface area contributed by atoms with Crippen molar-refractivity contribution < 1.29 is 18.3 Å². The van der Waals surface area contributed by atoms with Gasteiger partial charge in [-0.2, -0.15) is 17.4 Å². The van der Waals surface area contributed by atoms with Gasteiger partial charge in [-0.25, -0.2) is 0 Å². The molecule has 0 unspecified atom stereocenters. The number of nitrogens with one attached hydrogen (secondary N) is 1. The number of likely N-dealkylation sites (N-methyl/N-ethyl adjacent to an activating group) is 1. The first-order chi connectivity index (χ1) is 10.4. The summed E-state index contributed by atoms with van der Waals surface area (Å²) in [6.45, 7) is 3.82. The van der Waals surface area contributed by atoms with E-state index < -0.39 is 16.2 Å². The lowest BCUT2D eigenvalue weighted by molar-refractivity contribution is -0.139. The molecule has 0 aromatic heterocycles. The average molecular weight is 333 g/mol. The third-order valence-corrected chi connectivity index (χ3v) is 6.27. The molecular weight excluding hydrogens is 306 g/mol. The second kappa shape index (κ2) is 7.72. The Balaban J connectivity index is 1.81. The monoisotopic (exact) mass is 333 g/mol. The molecule has 2 fully saturated rings. The standard InChI is InChI=1S/C14H27N3O4S/c1-2-16(11-14(18)19)13-9-12(10-13)15-22(20,21)17-7-5-3-4-6-8-17/h12-13,15H,2-11H2,1H3,(H,18,19). The molecule has 8 heteroatoms. The maximum atomic E-state index is 12.4. The molecule has 2 N–H and O–H groups in total. The smallest absolute Gasteiger partial charge is 0.317 e. The van der Waals surface area contributed by atoms with E-state index in [4.69, 9.17) is 5.11 Å². The predicted molar refractivity (Wildman–Crippen MR) is 83.8 cm³/mol. The largest absolute Gasteiger partial charge is 0.480 e. The van der Waals surface area contributed by atoms with Crippen molar-refractivity contribution in [2.45, 2.75) is 57.5 Å². The molecule has 128 valence electrons. The topological polar surface area (TPSA) is 90.0 Å². The van der Waals surface area contributed by atoms with Crippen LogP contribution in [-0.2, 0) is 15.0 Å². The Bertz CT molecular complexity index is 468. The maximum Gasteiger partial charge on any atom is 0.317 e. The van der Waals surface area contributed by atoms with Gasteiger partial charge in [0.25, 0.3) is 10.2 Å². The third-order valence-electron chi connectivity index (χ3n) is 4.59. The van der Waals surface area contributed by atoms with Crippen molar-refractivity contribution in [3.05, 3.63) is 0 Å². The van der Waals surface area contributed by atoms with Crippen LogP contribution in [0, 0.1) is 0 Å². The van der Waals surface area contributed by atoms with Crippen LogP contribution in [0.2, 0.25) is 0 Å². The molecule has 0 radical (unpaired) electrons. The summed E-state index contributed by atoms with van der Waals surface area (Å²) in [4.78, 5) is 12.7. The summed E-state index contributed by atoms with van der Waals surface area (Å²) in [6.07, 6.45) is 5.42. The SMILES string of the molecule is CCN(CC(=O)O)C1CC(NS(=O)(=O)N2CCCCCC2)C1. The number of nitrogens with zero attached hydrogens (tertiary/aromatic N) is 2. The van der Waals surface area contributed by atoms with Crippen molar-refractivity contribution in [3.8, 4) is 0 Å². The minimum absolute atomic E-state index is 0.0206. The second-order valence-corrected chi connectivity index (χ2v) is 7.92. The summed E-state index contributed by atoms with van der Waals surface area (Å²) in [5, 5.41) is 8.87. The zero-order valence-electron chi connectivity index (χ0n) is 13.2. The third kappa shape index (κ3) is 4.65. The van der Waals surface area contributed by atoms with Crippen LogP contribution in [-0.4, -0.2) is 67.0 Å². The second-order valence-electron chi connectivity index (χ2n) is 6.22. The molecule has 1 saturated heterocycles. The van der Waals surface area contributed by atoms with Gasteiger partial charge in [-0.15, -0.1) is 0 Å². The van der Waals surface area contributed by atoms with E-state index in [-0.39, 0.29) is 18.6 Å². The molecule has 0 aromatic rings. The molecule has 22 heavy (non-hydrogen) atoms. The normalized spacial score (nSPS) is 27.4. The van der Waals surface area contributed by atoms with Crippen molar-refractivity contribution in [2.75, 3.05) is 26.2 Å². The fraction of sp³-hybridized carbons (Fsp3) is 0.929. The summed E-state index contributed by atoms with van der Waals surface area (Å²) in [7, 11) is -3.40. The highest BCUT2D eigenvalue weighted by atomic mass is 32.2. The molecule has 1 saturated carbocycles. The molecular formula is C14H27N3O4S. The number of carboxylic acid groups (broad SMARTS) is 1. The van der Waals surface area contributed by atoms with Crippen LogP contribution in [0.15, 0.2) is 0 Å². The molecule has 1 aliphatic heterocycles. The fourth-order valence-electron chi connectivity index (χ4n) is 3.22. The van der Waals surface area contributed by atoms with E-state index >= 15 is 0 Å². The van der Waals surface area contributed by atoms with Gasteiger partial charge < -0.3 is 5.11 Å². The van der Waals surface area contributed by atoms with Crippen molar-refractivity contribution in [1.82, 2.24) is 13.9 Å². The van der Waals surface area contributed by atoms with Gasteiger partial charge in [-0.05, 0) is 32.2 Å². The molecule has 0 bridgehead atoms. The quantitative estimate of drug-likeness (QED) is 0.713. The first kappa shape index (κ1) is 17.7. The molecule has 1 heterocycles. The minimum atomic E-state index is -3.40. The highest BCUT2D eigenvalue weighted by molar-refractivity contribution is 7.87. The number of aliphatic carboxylic acids is 1. The number of carbonyl (C=O) groups is 1. The number of rotatable bonds is 7. The number of hydrogen-bond donors (Lipinski definition) is 2. The van der Waals surface area contributed by atoms with Crippen molar-refractivity contribution in [2.24, 2.45) is 0 Å². The minimum Gasteiger partial charge on any atom is -0.480 e. The van der Waals surface area contributed by atoms with Crippen molar-refractivity contribution >= 4 is 16.2 Å². The highest BCUT2D eigenvalue weighted by Crippen LogP contribution is 2.26. The summed E-state index contributed by atoms with van der Waals surface area (Å²) >= 11 is 0. The molecule has 0 amide bonds. The van der Waals surface area contributed by atoms with Crippen LogP contribution in [0.1, 0.15) is 45.4 Å². The van der Waals surface area contributed by atoms with Crippen LogP contribution >= 0.6 is 0 Å². The van der Waals surface area contributed by atoms with Gasteiger partial charge in [0.1, 0.15) is 0 Å². The lowest BCUT2D eigenvalue weighted by Crippen LogP contribution is -2.57. The van der Waals surface area contributed by atoms with E-state index in [2.05, 4.69) is 4.72 Å². The lowest BCUT2D eigenvalue weighted by Gasteiger charge is -2.42. The summed E-state index contributed by atoms with van der Waals surface area (Å²) < 4.78 is 29.1. The van der Waals surface area contributed by atoms with Gasteiger partial charge in [-0.1, -0.05) is 19.8 Å². The number of carboxylic acids is 1. The van der Waals surface area contributed by atoms with E-state index in [9.17, 15) is 13.2 Å². The Morgan fingerprint density at radius 3 is 2.32 bits per heavy atom. The van der Waals surface area contributed by atoms with Crippen molar-refractivity contribution in [1.29, 1.82) is 0 Å². The highest BCUT2D eigenvalue weighted by Gasteiger charge is 2.37. The van der Waals surface area contributed by atoms with Crippen LogP contribution < -0.4 is 4.72 Å². The van der Waals surface area contributed by atoms with Gasteiger partial charge >= 0.3 is 5.97 Å². The van der Waals surface area contributed by atoms with Crippen LogP contribution in [0.4, 0.5) is 0 Å². The van der Waals surface area contributed by atoms with Gasteiger partial charge in [0.05, 0.1) is 6.54 Å².